The molecule has 22 heavy (non-hydrogen) atoms. The lowest BCUT2D eigenvalue weighted by molar-refractivity contribution is 0.576. The molecule has 2 aromatic rings. The number of rotatable bonds is 9. The summed E-state index contributed by atoms with van der Waals surface area (Å²) in [6.07, 6.45) is 11.9. The molecule has 2 nitrogen and oxygen atoms in total. The van der Waals surface area contributed by atoms with Crippen LogP contribution >= 0.6 is 0 Å². The number of nitrogen functional groups attached to an aromatic ring is 2. The summed E-state index contributed by atoms with van der Waals surface area (Å²) in [6.45, 7) is 2.27. The first-order valence-corrected chi connectivity index (χ1v) is 8.78. The van der Waals surface area contributed by atoms with Gasteiger partial charge >= 0.3 is 0 Å². The maximum atomic E-state index is 6.19. The highest BCUT2D eigenvalue weighted by Gasteiger charge is 2.03. The Hall–Kier alpha value is -1.70. The van der Waals surface area contributed by atoms with Crippen LogP contribution in [0.15, 0.2) is 30.3 Å². The van der Waals surface area contributed by atoms with E-state index in [1.807, 2.05) is 12.1 Å². The highest BCUT2D eigenvalue weighted by molar-refractivity contribution is 5.89. The van der Waals surface area contributed by atoms with Gasteiger partial charge in [0.15, 0.2) is 0 Å². The lowest BCUT2D eigenvalue weighted by Crippen LogP contribution is -1.96. The van der Waals surface area contributed by atoms with Crippen molar-refractivity contribution in [1.29, 1.82) is 0 Å². The molecule has 0 saturated heterocycles. The van der Waals surface area contributed by atoms with E-state index < -0.39 is 0 Å². The van der Waals surface area contributed by atoms with Crippen LogP contribution in [-0.4, -0.2) is 0 Å². The van der Waals surface area contributed by atoms with E-state index in [9.17, 15) is 0 Å². The van der Waals surface area contributed by atoms with Crippen LogP contribution in [-0.2, 0) is 6.42 Å². The Kier molecular flexibility index (Phi) is 6.57. The number of aryl methyl sites for hydroxylation is 1. The lowest BCUT2D eigenvalue weighted by atomic mass is 9.99. The Balaban J connectivity index is 1.79. The number of hydrogen-bond donors (Lipinski definition) is 2. The zero-order valence-electron chi connectivity index (χ0n) is 13.9. The first-order valence-electron chi connectivity index (χ1n) is 8.78. The van der Waals surface area contributed by atoms with Gasteiger partial charge in [0.25, 0.3) is 0 Å². The average Bonchev–Trinajstić information content (AvgIpc) is 2.50. The van der Waals surface area contributed by atoms with E-state index in [0.29, 0.717) is 0 Å². The summed E-state index contributed by atoms with van der Waals surface area (Å²) >= 11 is 0. The van der Waals surface area contributed by atoms with Crippen molar-refractivity contribution in [2.24, 2.45) is 0 Å². The molecular weight excluding hydrogens is 268 g/mol. The van der Waals surface area contributed by atoms with Crippen LogP contribution in [0.25, 0.3) is 10.8 Å². The highest BCUT2D eigenvalue weighted by Crippen LogP contribution is 2.25. The second kappa shape index (κ2) is 8.67. The smallest absolute Gasteiger partial charge is 0.0353 e. The van der Waals surface area contributed by atoms with E-state index in [1.165, 1.54) is 62.3 Å². The van der Waals surface area contributed by atoms with E-state index in [4.69, 9.17) is 11.5 Å². The number of fused-ring (bicyclic) bond motifs is 1. The molecule has 0 atom stereocenters. The molecule has 0 spiro atoms. The Labute approximate surface area is 134 Å². The first-order chi connectivity index (χ1) is 10.7. The molecule has 0 saturated carbocycles. The quantitative estimate of drug-likeness (QED) is 0.461. The highest BCUT2D eigenvalue weighted by atomic mass is 14.6. The third-order valence-corrected chi connectivity index (χ3v) is 4.42. The van der Waals surface area contributed by atoms with Crippen molar-refractivity contribution in [2.75, 3.05) is 11.5 Å². The Morgan fingerprint density at radius 3 is 2.14 bits per heavy atom. The number of hydrogen-bond acceptors (Lipinski definition) is 2. The largest absolute Gasteiger partial charge is 0.399 e. The van der Waals surface area contributed by atoms with Gasteiger partial charge in [-0.05, 0) is 53.4 Å². The van der Waals surface area contributed by atoms with Crippen LogP contribution in [0.3, 0.4) is 0 Å². The number of nitrogens with two attached hydrogens (primary N) is 2. The van der Waals surface area contributed by atoms with Gasteiger partial charge in [0, 0.05) is 11.4 Å². The second-order valence-electron chi connectivity index (χ2n) is 6.38. The molecule has 2 aromatic carbocycles. The molecule has 0 aliphatic heterocycles. The summed E-state index contributed by atoms with van der Waals surface area (Å²) in [5.74, 6) is 0. The predicted molar refractivity (Wildman–Crippen MR) is 99.1 cm³/mol. The summed E-state index contributed by atoms with van der Waals surface area (Å²) in [7, 11) is 0. The van der Waals surface area contributed by atoms with Gasteiger partial charge in [0.05, 0.1) is 0 Å². The van der Waals surface area contributed by atoms with E-state index in [2.05, 4.69) is 25.1 Å². The van der Waals surface area contributed by atoms with E-state index >= 15 is 0 Å². The maximum Gasteiger partial charge on any atom is 0.0353 e. The van der Waals surface area contributed by atoms with Gasteiger partial charge in [-0.1, -0.05) is 57.9 Å². The van der Waals surface area contributed by atoms with Crippen molar-refractivity contribution < 1.29 is 0 Å². The minimum absolute atomic E-state index is 0.794. The van der Waals surface area contributed by atoms with Crippen molar-refractivity contribution in [3.8, 4) is 0 Å². The molecule has 0 heterocycles. The van der Waals surface area contributed by atoms with Crippen LogP contribution in [0.1, 0.15) is 63.9 Å². The lowest BCUT2D eigenvalue weighted by Gasteiger charge is -2.09. The molecule has 0 aliphatic carbocycles. The van der Waals surface area contributed by atoms with Gasteiger partial charge in [0.2, 0.25) is 0 Å². The monoisotopic (exact) mass is 298 g/mol. The third kappa shape index (κ3) is 4.94. The van der Waals surface area contributed by atoms with Crippen molar-refractivity contribution in [1.82, 2.24) is 0 Å². The molecule has 0 bridgehead atoms. The fraction of sp³-hybridized carbons (Fsp3) is 0.500. The molecule has 120 valence electrons. The summed E-state index contributed by atoms with van der Waals surface area (Å²) in [4.78, 5) is 0. The molecule has 4 N–H and O–H groups in total. The molecular formula is C20H30N2. The summed E-state index contributed by atoms with van der Waals surface area (Å²) < 4.78 is 0. The first kappa shape index (κ1) is 16.7. The van der Waals surface area contributed by atoms with Crippen LogP contribution < -0.4 is 11.5 Å². The average molecular weight is 298 g/mol. The number of anilines is 2. The summed E-state index contributed by atoms with van der Waals surface area (Å²) in [6, 6.07) is 10.3. The minimum Gasteiger partial charge on any atom is -0.399 e. The maximum absolute atomic E-state index is 6.19. The Bertz CT molecular complexity index is 590. The zero-order valence-corrected chi connectivity index (χ0v) is 13.9. The SMILES string of the molecule is CCCCCCCCCCc1cc2ccc(N)cc2cc1N. The molecule has 2 heteroatoms. The third-order valence-electron chi connectivity index (χ3n) is 4.42. The van der Waals surface area contributed by atoms with Crippen molar-refractivity contribution in [2.45, 2.75) is 64.7 Å². The molecule has 0 unspecified atom stereocenters. The topological polar surface area (TPSA) is 52.0 Å². The molecule has 0 radical (unpaired) electrons. The Morgan fingerprint density at radius 1 is 0.727 bits per heavy atom. The second-order valence-corrected chi connectivity index (χ2v) is 6.38. The van der Waals surface area contributed by atoms with Crippen LogP contribution in [0, 0.1) is 0 Å². The van der Waals surface area contributed by atoms with Crippen molar-refractivity contribution in [3.05, 3.63) is 35.9 Å². The Morgan fingerprint density at radius 2 is 1.41 bits per heavy atom. The van der Waals surface area contributed by atoms with Crippen molar-refractivity contribution in [3.63, 3.8) is 0 Å². The minimum atomic E-state index is 0.794. The molecule has 0 amide bonds. The van der Waals surface area contributed by atoms with Gasteiger partial charge in [-0.2, -0.15) is 0 Å². The van der Waals surface area contributed by atoms with Gasteiger partial charge < -0.3 is 11.5 Å². The van der Waals surface area contributed by atoms with E-state index in [-0.39, 0.29) is 0 Å². The van der Waals surface area contributed by atoms with Gasteiger partial charge in [-0.15, -0.1) is 0 Å². The summed E-state index contributed by atoms with van der Waals surface area (Å²) in [5, 5.41) is 2.37. The number of benzene rings is 2. The van der Waals surface area contributed by atoms with E-state index in [0.717, 1.165) is 23.2 Å². The van der Waals surface area contributed by atoms with Crippen LogP contribution in [0.2, 0.25) is 0 Å². The van der Waals surface area contributed by atoms with Gasteiger partial charge in [-0.3, -0.25) is 0 Å². The molecule has 0 aliphatic rings. The summed E-state index contributed by atoms with van der Waals surface area (Å²) in [5.41, 5.74) is 15.0. The molecule has 2 rings (SSSR count). The van der Waals surface area contributed by atoms with Crippen LogP contribution in [0.4, 0.5) is 11.4 Å². The normalized spacial score (nSPS) is 11.1. The number of unbranched alkanes of at least 4 members (excludes halogenated alkanes) is 7. The van der Waals surface area contributed by atoms with Crippen LogP contribution in [0.5, 0.6) is 0 Å². The van der Waals surface area contributed by atoms with Gasteiger partial charge in [0.1, 0.15) is 0 Å². The zero-order chi connectivity index (χ0) is 15.8. The van der Waals surface area contributed by atoms with Gasteiger partial charge in [-0.25, -0.2) is 0 Å². The molecule has 0 fully saturated rings. The standard InChI is InChI=1S/C20H30N2/c1-2-3-4-5-6-7-8-9-10-17-13-16-11-12-19(21)14-18(16)15-20(17)22/h11-15H,2-10,21-22H2,1H3. The fourth-order valence-electron chi connectivity index (χ4n) is 3.05. The molecule has 0 aromatic heterocycles. The van der Waals surface area contributed by atoms with Crippen molar-refractivity contribution >= 4 is 22.1 Å². The van der Waals surface area contributed by atoms with E-state index in [1.54, 1.807) is 0 Å². The fourth-order valence-corrected chi connectivity index (χ4v) is 3.05. The predicted octanol–water partition coefficient (Wildman–Crippen LogP) is 5.69.